The van der Waals surface area contributed by atoms with Crippen LogP contribution in [0.25, 0.3) is 0 Å². The first-order chi connectivity index (χ1) is 9.42. The second-order valence-electron chi connectivity index (χ2n) is 4.93. The normalized spacial score (nSPS) is 12.5. The molecule has 0 spiro atoms. The van der Waals surface area contributed by atoms with Gasteiger partial charge in [0.1, 0.15) is 11.6 Å². The quantitative estimate of drug-likeness (QED) is 0.857. The molecule has 2 rings (SSSR count). The zero-order valence-corrected chi connectivity index (χ0v) is 13.2. The van der Waals surface area contributed by atoms with Crippen LogP contribution < -0.4 is 5.32 Å². The van der Waals surface area contributed by atoms with Crippen LogP contribution in [-0.2, 0) is 0 Å². The summed E-state index contributed by atoms with van der Waals surface area (Å²) in [6.07, 6.45) is 0. The molecule has 106 valence electrons. The van der Waals surface area contributed by atoms with E-state index in [1.807, 2.05) is 32.0 Å². The third-order valence-electron chi connectivity index (χ3n) is 3.20. The van der Waals surface area contributed by atoms with Crippen molar-refractivity contribution < 1.29 is 8.78 Å². The molecule has 2 aromatic rings. The lowest BCUT2D eigenvalue weighted by Gasteiger charge is -2.20. The molecule has 1 unspecified atom stereocenters. The summed E-state index contributed by atoms with van der Waals surface area (Å²) < 4.78 is 28.6. The van der Waals surface area contributed by atoms with Crippen LogP contribution in [0.3, 0.4) is 0 Å². The summed E-state index contributed by atoms with van der Waals surface area (Å²) >= 11 is 3.10. The molecule has 0 aromatic heterocycles. The Bertz CT molecular complexity index is 597. The van der Waals surface area contributed by atoms with E-state index in [0.717, 1.165) is 16.7 Å². The van der Waals surface area contributed by atoms with E-state index in [2.05, 4.69) is 21.2 Å². The highest BCUT2D eigenvalue weighted by Crippen LogP contribution is 2.30. The summed E-state index contributed by atoms with van der Waals surface area (Å²) in [6.45, 7) is 3.94. The Morgan fingerprint density at radius 2 is 1.45 bits per heavy atom. The van der Waals surface area contributed by atoms with E-state index < -0.39 is 17.7 Å². The Labute approximate surface area is 126 Å². The fourth-order valence-corrected chi connectivity index (χ4v) is 2.89. The van der Waals surface area contributed by atoms with Crippen LogP contribution in [0.5, 0.6) is 0 Å². The van der Waals surface area contributed by atoms with Crippen molar-refractivity contribution in [1.82, 2.24) is 5.32 Å². The maximum atomic E-state index is 14.1. The minimum atomic E-state index is -0.560. The van der Waals surface area contributed by atoms with E-state index in [-0.39, 0.29) is 5.56 Å². The van der Waals surface area contributed by atoms with Gasteiger partial charge in [-0.05, 0) is 38.6 Å². The van der Waals surface area contributed by atoms with E-state index >= 15 is 0 Å². The number of hydrogen-bond donors (Lipinski definition) is 1. The van der Waals surface area contributed by atoms with Gasteiger partial charge in [0.15, 0.2) is 0 Å². The van der Waals surface area contributed by atoms with Crippen molar-refractivity contribution in [1.29, 1.82) is 0 Å². The zero-order chi connectivity index (χ0) is 14.9. The number of hydrogen-bond acceptors (Lipinski definition) is 1. The Morgan fingerprint density at radius 1 is 0.950 bits per heavy atom. The SMILES string of the molecule is CNC(c1cc(C)cc(C)c1)c1c(F)cc(Br)cc1F. The summed E-state index contributed by atoms with van der Waals surface area (Å²) in [5.41, 5.74) is 3.03. The summed E-state index contributed by atoms with van der Waals surface area (Å²) in [7, 11) is 1.70. The number of aryl methyl sites for hydroxylation is 2. The van der Waals surface area contributed by atoms with Gasteiger partial charge < -0.3 is 5.32 Å². The molecule has 0 aliphatic rings. The lowest BCUT2D eigenvalue weighted by Crippen LogP contribution is -2.20. The molecule has 1 atom stereocenters. The Hall–Kier alpha value is -1.26. The molecule has 1 N–H and O–H groups in total. The average molecular weight is 340 g/mol. The smallest absolute Gasteiger partial charge is 0.132 e. The molecule has 0 fully saturated rings. The van der Waals surface area contributed by atoms with Gasteiger partial charge in [0, 0.05) is 10.0 Å². The third-order valence-corrected chi connectivity index (χ3v) is 3.66. The van der Waals surface area contributed by atoms with E-state index in [1.54, 1.807) is 7.05 Å². The fraction of sp³-hybridized carbons (Fsp3) is 0.250. The van der Waals surface area contributed by atoms with Crippen molar-refractivity contribution in [2.24, 2.45) is 0 Å². The largest absolute Gasteiger partial charge is 0.309 e. The molecule has 1 nitrogen and oxygen atoms in total. The molecule has 0 aliphatic heterocycles. The lowest BCUT2D eigenvalue weighted by molar-refractivity contribution is 0.521. The second-order valence-corrected chi connectivity index (χ2v) is 5.84. The van der Waals surface area contributed by atoms with Crippen LogP contribution in [0, 0.1) is 25.5 Å². The van der Waals surface area contributed by atoms with E-state index in [0.29, 0.717) is 4.47 Å². The van der Waals surface area contributed by atoms with Crippen molar-refractivity contribution in [3.8, 4) is 0 Å². The maximum Gasteiger partial charge on any atom is 0.132 e. The predicted molar refractivity (Wildman–Crippen MR) is 80.9 cm³/mol. The predicted octanol–water partition coefficient (Wildman–Crippen LogP) is 4.65. The minimum Gasteiger partial charge on any atom is -0.309 e. The molecule has 0 bridgehead atoms. The van der Waals surface area contributed by atoms with Crippen LogP contribution in [0.1, 0.15) is 28.3 Å². The van der Waals surface area contributed by atoms with Gasteiger partial charge in [0.25, 0.3) is 0 Å². The van der Waals surface area contributed by atoms with Gasteiger partial charge in [-0.15, -0.1) is 0 Å². The number of rotatable bonds is 3. The van der Waals surface area contributed by atoms with Gasteiger partial charge in [-0.3, -0.25) is 0 Å². The molecule has 0 saturated heterocycles. The molecule has 4 heteroatoms. The van der Waals surface area contributed by atoms with Crippen LogP contribution in [-0.4, -0.2) is 7.05 Å². The summed E-state index contributed by atoms with van der Waals surface area (Å²) in [4.78, 5) is 0. The summed E-state index contributed by atoms with van der Waals surface area (Å²) in [5, 5.41) is 2.99. The Kier molecular flexibility index (Phi) is 4.55. The molecule has 0 radical (unpaired) electrons. The average Bonchev–Trinajstić information content (AvgIpc) is 2.32. The maximum absolute atomic E-state index is 14.1. The van der Waals surface area contributed by atoms with Gasteiger partial charge >= 0.3 is 0 Å². The van der Waals surface area contributed by atoms with E-state index in [4.69, 9.17) is 0 Å². The number of benzene rings is 2. The van der Waals surface area contributed by atoms with Crippen LogP contribution in [0.2, 0.25) is 0 Å². The summed E-state index contributed by atoms with van der Waals surface area (Å²) in [5.74, 6) is -1.12. The number of nitrogens with one attached hydrogen (secondary N) is 1. The topological polar surface area (TPSA) is 12.0 Å². The van der Waals surface area contributed by atoms with Gasteiger partial charge in [-0.2, -0.15) is 0 Å². The van der Waals surface area contributed by atoms with Gasteiger partial charge in [-0.1, -0.05) is 45.3 Å². The van der Waals surface area contributed by atoms with Crippen molar-refractivity contribution in [2.45, 2.75) is 19.9 Å². The van der Waals surface area contributed by atoms with Crippen molar-refractivity contribution >= 4 is 15.9 Å². The third kappa shape index (κ3) is 3.07. The monoisotopic (exact) mass is 339 g/mol. The van der Waals surface area contributed by atoms with Crippen LogP contribution in [0.15, 0.2) is 34.8 Å². The first-order valence-corrected chi connectivity index (χ1v) is 7.11. The fourth-order valence-electron chi connectivity index (χ4n) is 2.48. The number of halogens is 3. The van der Waals surface area contributed by atoms with E-state index in [1.165, 1.54) is 12.1 Å². The highest BCUT2D eigenvalue weighted by atomic mass is 79.9. The van der Waals surface area contributed by atoms with Crippen molar-refractivity contribution in [3.05, 3.63) is 68.7 Å². The van der Waals surface area contributed by atoms with Crippen molar-refractivity contribution in [2.75, 3.05) is 7.05 Å². The molecule has 20 heavy (non-hydrogen) atoms. The van der Waals surface area contributed by atoms with Gasteiger partial charge in [-0.25, -0.2) is 8.78 Å². The summed E-state index contributed by atoms with van der Waals surface area (Å²) in [6, 6.07) is 7.97. The molecule has 2 aromatic carbocycles. The van der Waals surface area contributed by atoms with E-state index in [9.17, 15) is 8.78 Å². The van der Waals surface area contributed by atoms with Crippen LogP contribution >= 0.6 is 15.9 Å². The Morgan fingerprint density at radius 3 is 1.90 bits per heavy atom. The van der Waals surface area contributed by atoms with Gasteiger partial charge in [0.2, 0.25) is 0 Å². The van der Waals surface area contributed by atoms with Crippen LogP contribution in [0.4, 0.5) is 8.78 Å². The molecular formula is C16H16BrF2N. The minimum absolute atomic E-state index is 0.0423. The molecule has 0 saturated carbocycles. The Balaban J connectivity index is 2.58. The molecule has 0 amide bonds. The first-order valence-electron chi connectivity index (χ1n) is 6.32. The van der Waals surface area contributed by atoms with Crippen molar-refractivity contribution in [3.63, 3.8) is 0 Å². The highest BCUT2D eigenvalue weighted by Gasteiger charge is 2.21. The standard InChI is InChI=1S/C16H16BrF2N/c1-9-4-10(2)6-11(5-9)16(20-3)15-13(18)7-12(17)8-14(15)19/h4-8,16,20H,1-3H3. The lowest BCUT2D eigenvalue weighted by atomic mass is 9.95. The first kappa shape index (κ1) is 15.1. The zero-order valence-electron chi connectivity index (χ0n) is 11.6. The molecule has 0 heterocycles. The highest BCUT2D eigenvalue weighted by molar-refractivity contribution is 9.10. The second kappa shape index (κ2) is 6.02. The van der Waals surface area contributed by atoms with Gasteiger partial charge in [0.05, 0.1) is 6.04 Å². The molecule has 0 aliphatic carbocycles. The molecular weight excluding hydrogens is 324 g/mol.